The lowest BCUT2D eigenvalue weighted by atomic mass is 9.98. The van der Waals surface area contributed by atoms with Gasteiger partial charge in [-0.3, -0.25) is 4.55 Å². The van der Waals surface area contributed by atoms with E-state index in [1.807, 2.05) is 60.7 Å². The van der Waals surface area contributed by atoms with Crippen molar-refractivity contribution in [2.75, 3.05) is 7.11 Å². The minimum atomic E-state index is -4.48. The van der Waals surface area contributed by atoms with Crippen molar-refractivity contribution in [3.05, 3.63) is 84.9 Å². The van der Waals surface area contributed by atoms with Crippen LogP contribution >= 0.6 is 0 Å². The first-order valence-electron chi connectivity index (χ1n) is 12.0. The van der Waals surface area contributed by atoms with Gasteiger partial charge in [-0.2, -0.15) is 8.42 Å². The van der Waals surface area contributed by atoms with Gasteiger partial charge in [-0.1, -0.05) is 54.6 Å². The standard InChI is InChI=1S/C30H20N2O6S/c1-37-28-20(21-9-4-7-19-18-6-2-3-11-25(18)38-29(19)21)8-5-10-22(28)30-31-23-13-12-16-14-17(39(34,35)36)15-24(33)26(16)27(23)32-30/h2-15,33H,1H3,(H,31,32)(H,34,35,36). The molecular weight excluding hydrogens is 516 g/mol. The summed E-state index contributed by atoms with van der Waals surface area (Å²) in [5.41, 5.74) is 5.04. The maximum Gasteiger partial charge on any atom is 0.294 e. The number of phenolic OH excluding ortho intramolecular Hbond substituents is 1. The number of rotatable bonds is 4. The molecule has 0 radical (unpaired) electrons. The summed E-state index contributed by atoms with van der Waals surface area (Å²) in [6.45, 7) is 0. The van der Waals surface area contributed by atoms with Crippen LogP contribution in [0.3, 0.4) is 0 Å². The minimum absolute atomic E-state index is 0.305. The van der Waals surface area contributed by atoms with Gasteiger partial charge in [0, 0.05) is 28.0 Å². The van der Waals surface area contributed by atoms with Crippen LogP contribution < -0.4 is 4.74 Å². The Labute approximate surface area is 221 Å². The lowest BCUT2D eigenvalue weighted by Gasteiger charge is -2.13. The first-order chi connectivity index (χ1) is 18.8. The smallest absolute Gasteiger partial charge is 0.294 e. The van der Waals surface area contributed by atoms with Crippen LogP contribution in [0.4, 0.5) is 0 Å². The second-order valence-electron chi connectivity index (χ2n) is 9.23. The van der Waals surface area contributed by atoms with Gasteiger partial charge in [0.15, 0.2) is 0 Å². The molecule has 0 saturated heterocycles. The molecule has 0 bridgehead atoms. The van der Waals surface area contributed by atoms with Gasteiger partial charge < -0.3 is 19.2 Å². The lowest BCUT2D eigenvalue weighted by Crippen LogP contribution is -1.97. The van der Waals surface area contributed by atoms with Gasteiger partial charge in [0.25, 0.3) is 10.1 Å². The first kappa shape index (κ1) is 23.3. The molecule has 0 aliphatic heterocycles. The van der Waals surface area contributed by atoms with Gasteiger partial charge in [0.1, 0.15) is 34.0 Å². The van der Waals surface area contributed by atoms with Gasteiger partial charge in [0.05, 0.1) is 28.5 Å². The van der Waals surface area contributed by atoms with Crippen LogP contribution in [0.15, 0.2) is 94.2 Å². The van der Waals surface area contributed by atoms with Crippen LogP contribution in [0.1, 0.15) is 0 Å². The number of benzene rings is 5. The Morgan fingerprint density at radius 3 is 2.44 bits per heavy atom. The zero-order valence-corrected chi connectivity index (χ0v) is 21.3. The molecule has 7 rings (SSSR count). The molecule has 9 heteroatoms. The van der Waals surface area contributed by atoms with Crippen molar-refractivity contribution in [1.82, 2.24) is 9.97 Å². The van der Waals surface area contributed by atoms with Gasteiger partial charge in [-0.05, 0) is 29.7 Å². The molecule has 0 spiro atoms. The van der Waals surface area contributed by atoms with E-state index in [1.54, 1.807) is 19.2 Å². The fourth-order valence-electron chi connectivity index (χ4n) is 5.27. The molecule has 39 heavy (non-hydrogen) atoms. The zero-order valence-electron chi connectivity index (χ0n) is 20.5. The number of phenols is 1. The number of methoxy groups -OCH3 is 1. The summed E-state index contributed by atoms with van der Waals surface area (Å²) in [5.74, 6) is 0.791. The number of hydrogen-bond acceptors (Lipinski definition) is 6. The number of fused-ring (bicyclic) bond motifs is 6. The van der Waals surface area contributed by atoms with E-state index in [0.29, 0.717) is 38.9 Å². The summed E-state index contributed by atoms with van der Waals surface area (Å²) < 4.78 is 44.9. The molecule has 192 valence electrons. The molecule has 0 saturated carbocycles. The SMILES string of the molecule is COc1c(-c2nc3c(ccc4cc(S(=O)(=O)O)cc(O)c43)[nH]2)cccc1-c1cccc2c1oc1ccccc12. The molecule has 0 atom stereocenters. The first-order valence-corrected chi connectivity index (χ1v) is 13.5. The summed E-state index contributed by atoms with van der Waals surface area (Å²) in [6.07, 6.45) is 0. The Balaban J connectivity index is 1.44. The van der Waals surface area contributed by atoms with Gasteiger partial charge in [-0.25, -0.2) is 4.98 Å². The number of furan rings is 1. The van der Waals surface area contributed by atoms with Crippen molar-refractivity contribution in [2.24, 2.45) is 0 Å². The van der Waals surface area contributed by atoms with Crippen molar-refractivity contribution in [1.29, 1.82) is 0 Å². The van der Waals surface area contributed by atoms with Crippen molar-refractivity contribution in [3.8, 4) is 34.0 Å². The molecule has 0 amide bonds. The number of ether oxygens (including phenoxy) is 1. The monoisotopic (exact) mass is 536 g/mol. The van der Waals surface area contributed by atoms with Crippen molar-refractivity contribution in [2.45, 2.75) is 4.90 Å². The minimum Gasteiger partial charge on any atom is -0.507 e. The van der Waals surface area contributed by atoms with E-state index in [2.05, 4.69) is 4.98 Å². The third-order valence-electron chi connectivity index (χ3n) is 6.99. The Morgan fingerprint density at radius 1 is 0.872 bits per heavy atom. The maximum atomic E-state index is 11.6. The van der Waals surface area contributed by atoms with E-state index in [4.69, 9.17) is 14.1 Å². The molecule has 7 aromatic rings. The number of aromatic hydroxyl groups is 1. The lowest BCUT2D eigenvalue weighted by molar-refractivity contribution is 0.418. The Hall–Kier alpha value is -4.86. The molecule has 5 aromatic carbocycles. The zero-order chi connectivity index (χ0) is 26.9. The number of H-pyrrole nitrogens is 1. The highest BCUT2D eigenvalue weighted by atomic mass is 32.2. The maximum absolute atomic E-state index is 11.6. The van der Waals surface area contributed by atoms with Crippen molar-refractivity contribution >= 4 is 53.9 Å². The number of nitrogens with zero attached hydrogens (tertiary/aromatic N) is 1. The Kier molecular flexibility index (Phi) is 4.97. The second-order valence-corrected chi connectivity index (χ2v) is 10.7. The summed E-state index contributed by atoms with van der Waals surface area (Å²) in [7, 11) is -2.89. The van der Waals surface area contributed by atoms with E-state index in [-0.39, 0.29) is 5.75 Å². The van der Waals surface area contributed by atoms with Crippen LogP contribution in [0, 0.1) is 0 Å². The van der Waals surface area contributed by atoms with Crippen molar-refractivity contribution < 1.29 is 27.2 Å². The highest BCUT2D eigenvalue weighted by Gasteiger charge is 2.21. The predicted octanol–water partition coefficient (Wildman–Crippen LogP) is 6.91. The number of para-hydroxylation sites is 3. The van der Waals surface area contributed by atoms with Crippen LogP contribution in [-0.2, 0) is 10.1 Å². The summed E-state index contributed by atoms with van der Waals surface area (Å²) in [6, 6.07) is 25.4. The summed E-state index contributed by atoms with van der Waals surface area (Å²) >= 11 is 0. The number of nitrogens with one attached hydrogen (secondary N) is 1. The molecular formula is C30H20N2O6S. The molecule has 0 aliphatic rings. The quantitative estimate of drug-likeness (QED) is 0.209. The Bertz CT molecular complexity index is 2210. The molecule has 8 nitrogen and oxygen atoms in total. The highest BCUT2D eigenvalue weighted by molar-refractivity contribution is 7.85. The normalized spacial score (nSPS) is 12.2. The highest BCUT2D eigenvalue weighted by Crippen LogP contribution is 2.43. The second kappa shape index (κ2) is 8.32. The summed E-state index contributed by atoms with van der Waals surface area (Å²) in [5, 5.41) is 13.5. The number of imidazole rings is 1. The van der Waals surface area contributed by atoms with Crippen LogP contribution in [-0.4, -0.2) is 35.2 Å². The van der Waals surface area contributed by atoms with Crippen molar-refractivity contribution in [3.63, 3.8) is 0 Å². The van der Waals surface area contributed by atoms with E-state index >= 15 is 0 Å². The fourth-order valence-corrected chi connectivity index (χ4v) is 5.81. The topological polar surface area (TPSA) is 126 Å². The fraction of sp³-hybridized carbons (Fsp3) is 0.0333. The number of hydrogen-bond donors (Lipinski definition) is 3. The van der Waals surface area contributed by atoms with Gasteiger partial charge >= 0.3 is 0 Å². The van der Waals surface area contributed by atoms with E-state index in [0.717, 1.165) is 39.1 Å². The van der Waals surface area contributed by atoms with E-state index < -0.39 is 15.0 Å². The average Bonchev–Trinajstić information content (AvgIpc) is 3.53. The molecule has 0 unspecified atom stereocenters. The number of aromatic amines is 1. The molecule has 0 aliphatic carbocycles. The van der Waals surface area contributed by atoms with E-state index in [1.165, 1.54) is 6.07 Å². The molecule has 0 fully saturated rings. The van der Waals surface area contributed by atoms with Gasteiger partial charge in [0.2, 0.25) is 0 Å². The average molecular weight is 537 g/mol. The largest absolute Gasteiger partial charge is 0.507 e. The summed E-state index contributed by atoms with van der Waals surface area (Å²) in [4.78, 5) is 7.68. The van der Waals surface area contributed by atoms with Crippen LogP contribution in [0.5, 0.6) is 11.5 Å². The predicted molar refractivity (Wildman–Crippen MR) is 150 cm³/mol. The van der Waals surface area contributed by atoms with Gasteiger partial charge in [-0.15, -0.1) is 0 Å². The third-order valence-corrected chi connectivity index (χ3v) is 7.82. The van der Waals surface area contributed by atoms with Crippen LogP contribution in [0.2, 0.25) is 0 Å². The van der Waals surface area contributed by atoms with Crippen LogP contribution in [0.25, 0.3) is 66.3 Å². The molecule has 2 aromatic heterocycles. The Morgan fingerprint density at radius 2 is 1.62 bits per heavy atom. The molecule has 2 heterocycles. The number of aromatic nitrogens is 2. The third kappa shape index (κ3) is 3.55. The molecule has 3 N–H and O–H groups in total. The van der Waals surface area contributed by atoms with E-state index in [9.17, 15) is 18.1 Å².